The van der Waals surface area contributed by atoms with Gasteiger partial charge in [-0.1, -0.05) is 12.5 Å². The number of likely N-dealkylation sites (tertiary alicyclic amines) is 1. The molecule has 1 saturated heterocycles. The van der Waals surface area contributed by atoms with E-state index in [-0.39, 0.29) is 12.4 Å². The summed E-state index contributed by atoms with van der Waals surface area (Å²) in [7, 11) is 3.36. The van der Waals surface area contributed by atoms with E-state index in [4.69, 9.17) is 9.47 Å². The Morgan fingerprint density at radius 1 is 1.00 bits per heavy atom. The number of benzene rings is 1. The van der Waals surface area contributed by atoms with Crippen LogP contribution in [0.2, 0.25) is 0 Å². The monoisotopic (exact) mass is 285 g/mol. The Labute approximate surface area is 122 Å². The first-order chi connectivity index (χ1) is 8.76. The fraction of sp³-hybridized carbons (Fsp3) is 0.600. The fourth-order valence-electron chi connectivity index (χ4n) is 2.63. The third-order valence-corrected chi connectivity index (χ3v) is 3.83. The molecule has 1 heterocycles. The van der Waals surface area contributed by atoms with E-state index in [2.05, 4.69) is 24.0 Å². The van der Waals surface area contributed by atoms with Crippen molar-refractivity contribution in [3.8, 4) is 11.5 Å². The van der Waals surface area contributed by atoms with Crippen molar-refractivity contribution in [1.82, 2.24) is 4.90 Å². The molecule has 1 aliphatic heterocycles. The minimum Gasteiger partial charge on any atom is -0.493 e. The van der Waals surface area contributed by atoms with Gasteiger partial charge in [0.15, 0.2) is 11.5 Å². The molecule has 108 valence electrons. The number of rotatable bonds is 4. The lowest BCUT2D eigenvalue weighted by Gasteiger charge is -2.32. The summed E-state index contributed by atoms with van der Waals surface area (Å²) >= 11 is 0. The Morgan fingerprint density at radius 2 is 1.63 bits per heavy atom. The summed E-state index contributed by atoms with van der Waals surface area (Å²) in [6.07, 6.45) is 4.00. The summed E-state index contributed by atoms with van der Waals surface area (Å²) in [5.74, 6) is 1.62. The topological polar surface area (TPSA) is 21.7 Å². The predicted octanol–water partition coefficient (Wildman–Crippen LogP) is 3.67. The van der Waals surface area contributed by atoms with Gasteiger partial charge in [-0.25, -0.2) is 0 Å². The molecule has 1 aromatic carbocycles. The normalized spacial score (nSPS) is 17.4. The zero-order chi connectivity index (χ0) is 13.0. The largest absolute Gasteiger partial charge is 0.493 e. The Bertz CT molecular complexity index is 392. The molecule has 3 nitrogen and oxygen atoms in total. The van der Waals surface area contributed by atoms with Crippen molar-refractivity contribution in [3.05, 3.63) is 23.8 Å². The van der Waals surface area contributed by atoms with Gasteiger partial charge in [-0.05, 0) is 50.6 Å². The lowest BCUT2D eigenvalue weighted by molar-refractivity contribution is 0.174. The van der Waals surface area contributed by atoms with Crippen LogP contribution in [0.4, 0.5) is 0 Å². The maximum Gasteiger partial charge on any atom is 0.161 e. The lowest BCUT2D eigenvalue weighted by atomic mass is 10.0. The van der Waals surface area contributed by atoms with Crippen LogP contribution in [-0.2, 0) is 0 Å². The molecular weight excluding hydrogens is 262 g/mol. The van der Waals surface area contributed by atoms with Gasteiger partial charge in [0, 0.05) is 6.04 Å². The number of ether oxygens (including phenoxy) is 2. The minimum absolute atomic E-state index is 0. The molecule has 19 heavy (non-hydrogen) atoms. The van der Waals surface area contributed by atoms with E-state index >= 15 is 0 Å². The summed E-state index contributed by atoms with van der Waals surface area (Å²) in [5, 5.41) is 0. The third-order valence-electron chi connectivity index (χ3n) is 3.83. The van der Waals surface area contributed by atoms with Crippen molar-refractivity contribution in [2.45, 2.75) is 32.2 Å². The number of nitrogens with zero attached hydrogens (tertiary/aromatic N) is 1. The third kappa shape index (κ3) is 3.77. The Kier molecular flexibility index (Phi) is 6.46. The predicted molar refractivity (Wildman–Crippen MR) is 80.6 cm³/mol. The highest BCUT2D eigenvalue weighted by Gasteiger charge is 2.19. The van der Waals surface area contributed by atoms with Crippen molar-refractivity contribution in [2.75, 3.05) is 27.3 Å². The van der Waals surface area contributed by atoms with Crippen LogP contribution in [0.1, 0.15) is 37.8 Å². The Hall–Kier alpha value is -0.930. The molecule has 2 rings (SSSR count). The van der Waals surface area contributed by atoms with Crippen LogP contribution >= 0.6 is 12.4 Å². The quantitative estimate of drug-likeness (QED) is 0.842. The fourth-order valence-corrected chi connectivity index (χ4v) is 2.63. The van der Waals surface area contributed by atoms with Gasteiger partial charge in [-0.3, -0.25) is 4.90 Å². The van der Waals surface area contributed by atoms with Gasteiger partial charge in [0.1, 0.15) is 0 Å². The van der Waals surface area contributed by atoms with Gasteiger partial charge in [0.25, 0.3) is 0 Å². The molecule has 1 unspecified atom stereocenters. The molecular formula is C15H24ClNO2. The Morgan fingerprint density at radius 3 is 2.21 bits per heavy atom. The first-order valence-corrected chi connectivity index (χ1v) is 6.72. The van der Waals surface area contributed by atoms with Crippen molar-refractivity contribution in [2.24, 2.45) is 0 Å². The van der Waals surface area contributed by atoms with Gasteiger partial charge >= 0.3 is 0 Å². The van der Waals surface area contributed by atoms with Crippen molar-refractivity contribution in [1.29, 1.82) is 0 Å². The number of halogens is 1. The Balaban J connectivity index is 0.00000180. The molecule has 1 aliphatic rings. The average molecular weight is 286 g/mol. The highest BCUT2D eigenvalue weighted by Crippen LogP contribution is 2.32. The molecule has 0 saturated carbocycles. The second-order valence-electron chi connectivity index (χ2n) is 4.89. The molecule has 0 aromatic heterocycles. The smallest absolute Gasteiger partial charge is 0.161 e. The molecule has 0 bridgehead atoms. The molecule has 0 amide bonds. The summed E-state index contributed by atoms with van der Waals surface area (Å²) in [5.41, 5.74) is 1.30. The minimum atomic E-state index is 0. The summed E-state index contributed by atoms with van der Waals surface area (Å²) in [6, 6.07) is 6.68. The van der Waals surface area contributed by atoms with Crippen LogP contribution in [-0.4, -0.2) is 32.2 Å². The average Bonchev–Trinajstić information content (AvgIpc) is 2.46. The van der Waals surface area contributed by atoms with Crippen molar-refractivity contribution >= 4 is 12.4 Å². The van der Waals surface area contributed by atoms with E-state index in [1.54, 1.807) is 14.2 Å². The maximum atomic E-state index is 5.37. The zero-order valence-corrected chi connectivity index (χ0v) is 12.8. The van der Waals surface area contributed by atoms with Crippen LogP contribution in [0.5, 0.6) is 11.5 Å². The lowest BCUT2D eigenvalue weighted by Crippen LogP contribution is -2.32. The van der Waals surface area contributed by atoms with E-state index in [0.717, 1.165) is 11.5 Å². The second-order valence-corrected chi connectivity index (χ2v) is 4.89. The molecule has 1 fully saturated rings. The summed E-state index contributed by atoms with van der Waals surface area (Å²) in [4.78, 5) is 2.55. The molecule has 0 N–H and O–H groups in total. The van der Waals surface area contributed by atoms with Gasteiger partial charge < -0.3 is 9.47 Å². The van der Waals surface area contributed by atoms with E-state index in [0.29, 0.717) is 6.04 Å². The van der Waals surface area contributed by atoms with Crippen LogP contribution < -0.4 is 9.47 Å². The first kappa shape index (κ1) is 16.1. The molecule has 0 radical (unpaired) electrons. The van der Waals surface area contributed by atoms with Crippen LogP contribution in [0, 0.1) is 0 Å². The van der Waals surface area contributed by atoms with Crippen LogP contribution in [0.3, 0.4) is 0 Å². The molecule has 1 aromatic rings. The standard InChI is InChI=1S/C15H23NO2.ClH/c1-12(16-9-5-4-6-10-16)13-7-8-14(17-2)15(11-13)18-3;/h7-8,11-12H,4-6,9-10H2,1-3H3;1H. The van der Waals surface area contributed by atoms with Gasteiger partial charge in [-0.2, -0.15) is 0 Å². The van der Waals surface area contributed by atoms with Crippen molar-refractivity contribution in [3.63, 3.8) is 0 Å². The molecule has 0 spiro atoms. The summed E-state index contributed by atoms with van der Waals surface area (Å²) in [6.45, 7) is 4.68. The second kappa shape index (κ2) is 7.61. The van der Waals surface area contributed by atoms with E-state index in [1.165, 1.54) is 37.9 Å². The highest BCUT2D eigenvalue weighted by atomic mass is 35.5. The maximum absolute atomic E-state index is 5.37. The van der Waals surface area contributed by atoms with Gasteiger partial charge in [-0.15, -0.1) is 12.4 Å². The van der Waals surface area contributed by atoms with Crippen molar-refractivity contribution < 1.29 is 9.47 Å². The number of hydrogen-bond donors (Lipinski definition) is 0. The zero-order valence-electron chi connectivity index (χ0n) is 12.0. The van der Waals surface area contributed by atoms with E-state index < -0.39 is 0 Å². The number of piperidine rings is 1. The van der Waals surface area contributed by atoms with E-state index in [1.807, 2.05) is 6.07 Å². The molecule has 1 atom stereocenters. The number of methoxy groups -OCH3 is 2. The van der Waals surface area contributed by atoms with Gasteiger partial charge in [0.05, 0.1) is 14.2 Å². The van der Waals surface area contributed by atoms with Crippen LogP contribution in [0.15, 0.2) is 18.2 Å². The van der Waals surface area contributed by atoms with Gasteiger partial charge in [0.2, 0.25) is 0 Å². The summed E-state index contributed by atoms with van der Waals surface area (Å²) < 4.78 is 10.6. The molecule has 4 heteroatoms. The highest BCUT2D eigenvalue weighted by molar-refractivity contribution is 5.85. The number of hydrogen-bond acceptors (Lipinski definition) is 3. The van der Waals surface area contributed by atoms with E-state index in [9.17, 15) is 0 Å². The molecule has 0 aliphatic carbocycles. The first-order valence-electron chi connectivity index (χ1n) is 6.72. The SMILES string of the molecule is COc1ccc(C(C)N2CCCCC2)cc1OC.Cl. The van der Waals surface area contributed by atoms with Crippen LogP contribution in [0.25, 0.3) is 0 Å².